The highest BCUT2D eigenvalue weighted by Gasteiger charge is 2.13. The van der Waals surface area contributed by atoms with Crippen molar-refractivity contribution >= 4 is 11.9 Å². The Balaban J connectivity index is 1.92. The molecule has 0 saturated heterocycles. The Morgan fingerprint density at radius 1 is 0.800 bits per heavy atom. The third-order valence-electron chi connectivity index (χ3n) is 3.94. The van der Waals surface area contributed by atoms with Crippen LogP contribution in [0.25, 0.3) is 0 Å². The molecular formula is C21H31O4. The summed E-state index contributed by atoms with van der Waals surface area (Å²) < 4.78 is 10.0. The van der Waals surface area contributed by atoms with Crippen molar-refractivity contribution in [1.82, 2.24) is 0 Å². The zero-order valence-electron chi connectivity index (χ0n) is 15.4. The van der Waals surface area contributed by atoms with Gasteiger partial charge in [-0.3, -0.25) is 9.59 Å². The first-order valence-electron chi connectivity index (χ1n) is 9.50. The first kappa shape index (κ1) is 21.2. The molecule has 0 unspecified atom stereocenters. The lowest BCUT2D eigenvalue weighted by molar-refractivity contribution is -0.144. The van der Waals surface area contributed by atoms with Crippen molar-refractivity contribution in [2.24, 2.45) is 0 Å². The van der Waals surface area contributed by atoms with E-state index in [-0.39, 0.29) is 0 Å². The number of ether oxygens (including phenoxy) is 2. The lowest BCUT2D eigenvalue weighted by Gasteiger charge is -2.05. The third kappa shape index (κ3) is 12.2. The van der Waals surface area contributed by atoms with Crippen LogP contribution in [0.15, 0.2) is 30.3 Å². The van der Waals surface area contributed by atoms with Crippen molar-refractivity contribution in [2.45, 2.75) is 71.1 Å². The van der Waals surface area contributed by atoms with E-state index in [1.165, 1.54) is 51.4 Å². The van der Waals surface area contributed by atoms with Crippen LogP contribution in [-0.2, 0) is 14.3 Å². The topological polar surface area (TPSA) is 52.6 Å². The summed E-state index contributed by atoms with van der Waals surface area (Å²) in [4.78, 5) is 23.1. The predicted molar refractivity (Wildman–Crippen MR) is 99.2 cm³/mol. The summed E-state index contributed by atoms with van der Waals surface area (Å²) in [6, 6.07) is 8.64. The lowest BCUT2D eigenvalue weighted by Crippen LogP contribution is -2.17. The van der Waals surface area contributed by atoms with Gasteiger partial charge in [-0.15, -0.1) is 0 Å². The van der Waals surface area contributed by atoms with Gasteiger partial charge in [0.05, 0.1) is 6.61 Å². The summed E-state index contributed by atoms with van der Waals surface area (Å²) in [7, 11) is 0. The zero-order chi connectivity index (χ0) is 18.2. The van der Waals surface area contributed by atoms with Crippen molar-refractivity contribution in [1.29, 1.82) is 0 Å². The Hall–Kier alpha value is -1.84. The molecule has 4 heteroatoms. The number of rotatable bonds is 14. The average molecular weight is 347 g/mol. The number of benzene rings is 1. The Morgan fingerprint density at radius 3 is 1.96 bits per heavy atom. The van der Waals surface area contributed by atoms with Gasteiger partial charge in [0.15, 0.2) is 6.42 Å². The molecule has 25 heavy (non-hydrogen) atoms. The number of hydrogen-bond donors (Lipinski definition) is 0. The zero-order valence-corrected chi connectivity index (χ0v) is 15.4. The molecule has 0 saturated carbocycles. The van der Waals surface area contributed by atoms with E-state index in [0.29, 0.717) is 12.4 Å². The van der Waals surface area contributed by atoms with Crippen LogP contribution in [0, 0.1) is 6.42 Å². The van der Waals surface area contributed by atoms with Crippen molar-refractivity contribution in [2.75, 3.05) is 6.61 Å². The molecule has 0 amide bonds. The van der Waals surface area contributed by atoms with Crippen molar-refractivity contribution in [3.05, 3.63) is 36.8 Å². The number of carbonyl (C=O) groups excluding carboxylic acids is 2. The minimum atomic E-state index is -0.709. The summed E-state index contributed by atoms with van der Waals surface area (Å²) >= 11 is 0. The molecule has 1 rings (SSSR count). The lowest BCUT2D eigenvalue weighted by atomic mass is 10.1. The van der Waals surface area contributed by atoms with Crippen LogP contribution in [0.1, 0.15) is 71.1 Å². The van der Waals surface area contributed by atoms with E-state index in [2.05, 4.69) is 6.92 Å². The molecule has 4 nitrogen and oxygen atoms in total. The second-order valence-corrected chi connectivity index (χ2v) is 6.23. The molecule has 0 spiro atoms. The molecule has 0 aliphatic rings. The Kier molecular flexibility index (Phi) is 12.3. The fourth-order valence-electron chi connectivity index (χ4n) is 2.53. The number of hydrogen-bond acceptors (Lipinski definition) is 4. The molecule has 0 atom stereocenters. The van der Waals surface area contributed by atoms with Crippen molar-refractivity contribution in [3.8, 4) is 5.75 Å². The van der Waals surface area contributed by atoms with Gasteiger partial charge in [0, 0.05) is 0 Å². The molecule has 1 aromatic rings. The maximum absolute atomic E-state index is 11.5. The standard InChI is InChI=1S/C21H31O4/c1-2-3-4-5-6-7-8-9-10-14-17-24-20(22)18-21(23)25-19-15-12-11-13-16-19/h11-13,15-16,18H,2-10,14,17H2,1H3. The molecule has 0 N–H and O–H groups in total. The molecule has 0 heterocycles. The monoisotopic (exact) mass is 347 g/mol. The molecule has 1 aromatic carbocycles. The van der Waals surface area contributed by atoms with E-state index in [1.807, 2.05) is 6.07 Å². The highest BCUT2D eigenvalue weighted by atomic mass is 16.6. The molecule has 0 aliphatic heterocycles. The van der Waals surface area contributed by atoms with Gasteiger partial charge in [-0.25, -0.2) is 0 Å². The maximum atomic E-state index is 11.5. The highest BCUT2D eigenvalue weighted by molar-refractivity contribution is 6.04. The number of para-hydroxylation sites is 1. The van der Waals surface area contributed by atoms with Crippen LogP contribution in [0.3, 0.4) is 0 Å². The first-order chi connectivity index (χ1) is 12.2. The van der Waals surface area contributed by atoms with E-state index in [0.717, 1.165) is 19.3 Å². The van der Waals surface area contributed by atoms with Crippen LogP contribution >= 0.6 is 0 Å². The van der Waals surface area contributed by atoms with E-state index in [9.17, 15) is 9.59 Å². The largest absolute Gasteiger partial charge is 0.465 e. The van der Waals surface area contributed by atoms with Crippen LogP contribution in [0.4, 0.5) is 0 Å². The SMILES string of the molecule is CCCCCCCCCCCCOC(=O)[CH]C(=O)Oc1ccccc1. The fourth-order valence-corrected chi connectivity index (χ4v) is 2.53. The van der Waals surface area contributed by atoms with Gasteiger partial charge < -0.3 is 9.47 Å². The van der Waals surface area contributed by atoms with Gasteiger partial charge >= 0.3 is 11.9 Å². The Bertz CT molecular complexity index is 470. The third-order valence-corrected chi connectivity index (χ3v) is 3.94. The Morgan fingerprint density at radius 2 is 1.36 bits per heavy atom. The van der Waals surface area contributed by atoms with E-state index >= 15 is 0 Å². The van der Waals surface area contributed by atoms with Gasteiger partial charge in [-0.2, -0.15) is 0 Å². The summed E-state index contributed by atoms with van der Waals surface area (Å²) in [5.41, 5.74) is 0. The van der Waals surface area contributed by atoms with Gasteiger partial charge in [-0.1, -0.05) is 82.9 Å². The number of esters is 2. The summed E-state index contributed by atoms with van der Waals surface area (Å²) in [5, 5.41) is 0. The van der Waals surface area contributed by atoms with Crippen LogP contribution in [0.2, 0.25) is 0 Å². The molecule has 0 bridgehead atoms. The van der Waals surface area contributed by atoms with Crippen LogP contribution < -0.4 is 4.74 Å². The molecular weight excluding hydrogens is 316 g/mol. The summed E-state index contributed by atoms with van der Waals surface area (Å²) in [6.07, 6.45) is 13.1. The van der Waals surface area contributed by atoms with Gasteiger partial charge in [-0.05, 0) is 18.6 Å². The fraction of sp³-hybridized carbons (Fsp3) is 0.571. The molecule has 139 valence electrons. The summed E-state index contributed by atoms with van der Waals surface area (Å²) in [6.45, 7) is 2.58. The highest BCUT2D eigenvalue weighted by Crippen LogP contribution is 2.11. The van der Waals surface area contributed by atoms with E-state index in [1.54, 1.807) is 24.3 Å². The minimum absolute atomic E-state index is 0.352. The Labute approximate surface area is 151 Å². The second kappa shape index (κ2) is 14.5. The minimum Gasteiger partial charge on any atom is -0.465 e. The molecule has 1 radical (unpaired) electrons. The average Bonchev–Trinajstić information content (AvgIpc) is 2.60. The van der Waals surface area contributed by atoms with Gasteiger partial charge in [0.1, 0.15) is 5.75 Å². The van der Waals surface area contributed by atoms with Gasteiger partial charge in [0.25, 0.3) is 0 Å². The van der Waals surface area contributed by atoms with Gasteiger partial charge in [0.2, 0.25) is 0 Å². The molecule has 0 aromatic heterocycles. The number of unbranched alkanes of at least 4 members (excludes halogenated alkanes) is 9. The van der Waals surface area contributed by atoms with E-state index in [4.69, 9.17) is 9.47 Å². The normalized spacial score (nSPS) is 10.4. The van der Waals surface area contributed by atoms with Crippen LogP contribution in [-0.4, -0.2) is 18.5 Å². The summed E-state index contributed by atoms with van der Waals surface area (Å²) in [5.74, 6) is -0.942. The smallest absolute Gasteiger partial charge is 0.327 e. The van der Waals surface area contributed by atoms with Crippen LogP contribution in [0.5, 0.6) is 5.75 Å². The predicted octanol–water partition coefficient (Wildman–Crippen LogP) is 5.26. The maximum Gasteiger partial charge on any atom is 0.327 e. The molecule has 0 fully saturated rings. The van der Waals surface area contributed by atoms with E-state index < -0.39 is 11.9 Å². The van der Waals surface area contributed by atoms with Crippen molar-refractivity contribution in [3.63, 3.8) is 0 Å². The number of carbonyl (C=O) groups is 2. The quantitative estimate of drug-likeness (QED) is 0.199. The second-order valence-electron chi connectivity index (χ2n) is 6.23. The van der Waals surface area contributed by atoms with Crippen molar-refractivity contribution < 1.29 is 19.1 Å². The molecule has 0 aliphatic carbocycles. The first-order valence-corrected chi connectivity index (χ1v) is 9.50.